The van der Waals surface area contributed by atoms with Gasteiger partial charge in [-0.2, -0.15) is 23.1 Å². The van der Waals surface area contributed by atoms with E-state index in [1.165, 1.54) is 35.2 Å². The Morgan fingerprint density at radius 1 is 0.933 bits per heavy atom. The number of nitrogens with zero attached hydrogens (tertiary/aromatic N) is 4. The molecule has 2 N–H and O–H groups in total. The van der Waals surface area contributed by atoms with Crippen LogP contribution in [-0.4, -0.2) is 80.1 Å². The number of likely N-dealkylation sites (tertiary alicyclic amines) is 1. The number of nitrogens with two attached hydrogens (primary N) is 1. The largest absolute Gasteiger partial charge is 0.464 e. The first-order valence-corrected chi connectivity index (χ1v) is 22.2. The summed E-state index contributed by atoms with van der Waals surface area (Å²) in [5.41, 5.74) is 7.68. The molecule has 1 amide bonds. The Kier molecular flexibility index (Phi) is 12.6. The van der Waals surface area contributed by atoms with Crippen LogP contribution in [0.25, 0.3) is 11.1 Å². The second kappa shape index (κ2) is 17.7. The van der Waals surface area contributed by atoms with E-state index < -0.39 is 45.6 Å². The molecule has 2 atom stereocenters. The number of piperidine rings is 1. The zero-order chi connectivity index (χ0) is 42.7. The molecule has 12 nitrogen and oxygen atoms in total. The third kappa shape index (κ3) is 9.80. The normalized spacial score (nSPS) is 18.9. The van der Waals surface area contributed by atoms with Gasteiger partial charge >= 0.3 is 18.2 Å². The summed E-state index contributed by atoms with van der Waals surface area (Å²) in [6, 6.07) is 20.5. The molecule has 320 valence electrons. The average Bonchev–Trinajstić information content (AvgIpc) is 3.61. The van der Waals surface area contributed by atoms with Gasteiger partial charge in [-0.15, -0.1) is 0 Å². The number of alkyl halides is 3. The number of amides is 1. The van der Waals surface area contributed by atoms with Gasteiger partial charge in [0.2, 0.25) is 17.9 Å². The molecule has 4 aromatic rings. The third-order valence-electron chi connectivity index (χ3n) is 11.9. The van der Waals surface area contributed by atoms with Crippen LogP contribution in [0.4, 0.5) is 29.7 Å². The highest BCUT2D eigenvalue weighted by Gasteiger charge is 2.51. The van der Waals surface area contributed by atoms with Crippen molar-refractivity contribution in [2.75, 3.05) is 43.1 Å². The first-order chi connectivity index (χ1) is 28.6. The van der Waals surface area contributed by atoms with Crippen LogP contribution < -0.4 is 15.4 Å². The Bertz CT molecular complexity index is 2280. The molecule has 1 saturated carbocycles. The number of esters is 1. The summed E-state index contributed by atoms with van der Waals surface area (Å²) in [4.78, 5) is 38.2. The van der Waals surface area contributed by atoms with Gasteiger partial charge in [-0.1, -0.05) is 79.9 Å². The van der Waals surface area contributed by atoms with Gasteiger partial charge in [-0.05, 0) is 84.7 Å². The van der Waals surface area contributed by atoms with E-state index in [1.54, 1.807) is 25.1 Å². The van der Waals surface area contributed by atoms with Gasteiger partial charge in [-0.3, -0.25) is 4.90 Å². The number of benzene rings is 3. The minimum absolute atomic E-state index is 0.0141. The van der Waals surface area contributed by atoms with Crippen LogP contribution in [-0.2, 0) is 30.7 Å². The summed E-state index contributed by atoms with van der Waals surface area (Å²) in [6.07, 6.45) is -0.591. The summed E-state index contributed by atoms with van der Waals surface area (Å²) in [5, 5.41) is 0. The van der Waals surface area contributed by atoms with Crippen molar-refractivity contribution in [1.29, 1.82) is 0 Å². The molecule has 2 aliphatic heterocycles. The fraction of sp³-hybridized carbons (Fsp3) is 0.455. The second-order valence-electron chi connectivity index (χ2n) is 16.1. The number of nitrogen functional groups attached to an aromatic ring is 1. The fourth-order valence-electron chi connectivity index (χ4n) is 8.79. The summed E-state index contributed by atoms with van der Waals surface area (Å²) in [6.45, 7) is 2.95. The van der Waals surface area contributed by atoms with Crippen molar-refractivity contribution in [2.24, 2.45) is 5.41 Å². The van der Waals surface area contributed by atoms with Crippen molar-refractivity contribution >= 4 is 33.7 Å². The Morgan fingerprint density at radius 2 is 1.67 bits per heavy atom. The average molecular weight is 850 g/mol. The quantitative estimate of drug-likeness (QED) is 0.145. The van der Waals surface area contributed by atoms with Crippen LogP contribution >= 0.6 is 0 Å². The maximum absolute atomic E-state index is 15.2. The number of carbonyl (C=O) groups is 2. The van der Waals surface area contributed by atoms with E-state index in [9.17, 15) is 18.0 Å². The van der Waals surface area contributed by atoms with Crippen molar-refractivity contribution in [1.82, 2.24) is 14.9 Å². The van der Waals surface area contributed by atoms with Crippen molar-refractivity contribution in [3.8, 4) is 17.0 Å². The molecular weight excluding hydrogens is 800 g/mol. The number of ether oxygens (including phenoxy) is 3. The first kappa shape index (κ1) is 42.7. The van der Waals surface area contributed by atoms with E-state index >= 15 is 13.2 Å². The van der Waals surface area contributed by atoms with Gasteiger partial charge in [0.05, 0.1) is 11.5 Å². The molecule has 1 spiro atoms. The maximum Gasteiger partial charge on any atom is 0.429 e. The zero-order valence-electron chi connectivity index (χ0n) is 33.7. The fourth-order valence-corrected chi connectivity index (χ4v) is 9.46. The highest BCUT2D eigenvalue weighted by atomic mass is 32.2. The lowest BCUT2D eigenvalue weighted by Crippen LogP contribution is -2.43. The molecule has 0 unspecified atom stereocenters. The standard InChI is InChI=1S/C44H50F3N5O7S/c1-3-57-40(53)36-26-43(28-52(36)42(54)58-27-29-11-6-4-7-12-29)19-21-51(22-20-43)37-25-38(50-41(48)49-37)59-39(44(45,46)47)34-18-17-31(30-13-8-5-9-14-30)24-35(34)32-15-10-16-33(23-32)60(2,55)56/h4,6-7,10-12,15-18,23-25,30,36,39H,3,5,8-9,13-14,19-22,26-28H2,1-2H3,(H2,48,49,50)/t36-,39+/m0/s1. The van der Waals surface area contributed by atoms with Gasteiger partial charge in [0.15, 0.2) is 9.84 Å². The highest BCUT2D eigenvalue weighted by molar-refractivity contribution is 7.90. The molecular formula is C44H50F3N5O7S. The van der Waals surface area contributed by atoms with Crippen molar-refractivity contribution in [2.45, 2.75) is 94.0 Å². The minimum atomic E-state index is -4.92. The van der Waals surface area contributed by atoms with Gasteiger partial charge in [0.1, 0.15) is 18.5 Å². The number of aromatic nitrogens is 2. The van der Waals surface area contributed by atoms with Gasteiger partial charge in [0, 0.05) is 37.5 Å². The topological polar surface area (TPSA) is 154 Å². The molecule has 60 heavy (non-hydrogen) atoms. The summed E-state index contributed by atoms with van der Waals surface area (Å²) in [7, 11) is -3.66. The maximum atomic E-state index is 15.2. The predicted molar refractivity (Wildman–Crippen MR) is 219 cm³/mol. The molecule has 1 aliphatic carbocycles. The van der Waals surface area contributed by atoms with Crippen LogP contribution in [0, 0.1) is 5.41 Å². The SMILES string of the molecule is CCOC(=O)[C@@H]1CC2(CCN(c3cc(O[C@H](c4ccc(C5CCCCC5)cc4-c4cccc(S(C)(=O)=O)c4)C(F)(F)F)nc(N)n3)CC2)CN1C(=O)OCc1ccccc1. The number of anilines is 2. The van der Waals surface area contributed by atoms with Crippen LogP contribution in [0.2, 0.25) is 0 Å². The summed E-state index contributed by atoms with van der Waals surface area (Å²) >= 11 is 0. The van der Waals surface area contributed by atoms with Crippen LogP contribution in [0.3, 0.4) is 0 Å². The molecule has 3 fully saturated rings. The Hall–Kier alpha value is -5.38. The van der Waals surface area contributed by atoms with Crippen molar-refractivity contribution in [3.05, 3.63) is 95.6 Å². The molecule has 1 aromatic heterocycles. The Balaban J connectivity index is 1.13. The van der Waals surface area contributed by atoms with Crippen molar-refractivity contribution in [3.63, 3.8) is 0 Å². The molecule has 0 bridgehead atoms. The van der Waals surface area contributed by atoms with Gasteiger partial charge in [-0.25, -0.2) is 18.0 Å². The lowest BCUT2D eigenvalue weighted by molar-refractivity contribution is -0.198. The van der Waals surface area contributed by atoms with Crippen molar-refractivity contribution < 1.29 is 45.4 Å². The molecule has 7 rings (SSSR count). The molecule has 3 aromatic carbocycles. The minimum Gasteiger partial charge on any atom is -0.464 e. The van der Waals surface area contributed by atoms with E-state index in [0.717, 1.165) is 49.5 Å². The molecule has 2 saturated heterocycles. The molecule has 3 aliphatic rings. The lowest BCUT2D eigenvalue weighted by Gasteiger charge is -2.39. The van der Waals surface area contributed by atoms with Crippen LogP contribution in [0.5, 0.6) is 5.88 Å². The van der Waals surface area contributed by atoms with Crippen LogP contribution in [0.1, 0.15) is 87.0 Å². The smallest absolute Gasteiger partial charge is 0.429 e. The van der Waals surface area contributed by atoms with E-state index in [4.69, 9.17) is 19.9 Å². The highest BCUT2D eigenvalue weighted by Crippen LogP contribution is 2.46. The molecule has 16 heteroatoms. The Labute approximate surface area is 348 Å². The molecule has 0 radical (unpaired) electrons. The summed E-state index contributed by atoms with van der Waals surface area (Å²) in [5.74, 6) is -0.746. The number of halogens is 3. The van der Waals surface area contributed by atoms with Gasteiger partial charge < -0.3 is 24.8 Å². The van der Waals surface area contributed by atoms with Crippen LogP contribution in [0.15, 0.2) is 83.8 Å². The monoisotopic (exact) mass is 849 g/mol. The van der Waals surface area contributed by atoms with E-state index in [1.807, 2.05) is 35.2 Å². The second-order valence-corrected chi connectivity index (χ2v) is 18.1. The van der Waals surface area contributed by atoms with E-state index in [0.29, 0.717) is 37.9 Å². The number of hydrogen-bond acceptors (Lipinski definition) is 11. The van der Waals surface area contributed by atoms with E-state index in [-0.39, 0.29) is 59.3 Å². The van der Waals surface area contributed by atoms with Gasteiger partial charge in [0.25, 0.3) is 0 Å². The summed E-state index contributed by atoms with van der Waals surface area (Å²) < 4.78 is 87.4. The number of rotatable bonds is 11. The number of sulfone groups is 1. The zero-order valence-corrected chi connectivity index (χ0v) is 34.5. The number of carbonyl (C=O) groups excluding carboxylic acids is 2. The third-order valence-corrected chi connectivity index (χ3v) is 13.0. The number of hydrogen-bond donors (Lipinski definition) is 1. The predicted octanol–water partition coefficient (Wildman–Crippen LogP) is 8.42. The lowest BCUT2D eigenvalue weighted by atomic mass is 9.76. The molecule has 3 heterocycles. The Morgan fingerprint density at radius 3 is 2.35 bits per heavy atom. The first-order valence-electron chi connectivity index (χ1n) is 20.3. The van der Waals surface area contributed by atoms with E-state index in [2.05, 4.69) is 9.97 Å².